The topological polar surface area (TPSA) is 48.4 Å². The minimum absolute atomic E-state index is 0.211. The maximum atomic E-state index is 11.2. The molecule has 0 radical (unpaired) electrons. The second-order valence-electron chi connectivity index (χ2n) is 4.36. The van der Waals surface area contributed by atoms with E-state index in [0.717, 1.165) is 27.9 Å². The van der Waals surface area contributed by atoms with Gasteiger partial charge in [-0.05, 0) is 25.0 Å². The number of benzene rings is 1. The van der Waals surface area contributed by atoms with Crippen molar-refractivity contribution in [1.29, 1.82) is 0 Å². The number of para-hydroxylation sites is 1. The minimum atomic E-state index is -0.211. The van der Waals surface area contributed by atoms with Gasteiger partial charge in [0, 0.05) is 23.6 Å². The molecule has 100 valence electrons. The Morgan fingerprint density at radius 2 is 2.11 bits per heavy atom. The molecule has 0 spiro atoms. The molecule has 0 saturated heterocycles. The molecule has 19 heavy (non-hydrogen) atoms. The van der Waals surface area contributed by atoms with Gasteiger partial charge in [0.15, 0.2) is 0 Å². The summed E-state index contributed by atoms with van der Waals surface area (Å²) in [4.78, 5) is 15.8. The van der Waals surface area contributed by atoms with Gasteiger partial charge in [-0.1, -0.05) is 12.1 Å². The summed E-state index contributed by atoms with van der Waals surface area (Å²) < 4.78 is 10.0. The number of aryl methyl sites for hydroxylation is 2. The number of methoxy groups -OCH3 is 2. The number of rotatable bonds is 4. The molecule has 1 heterocycles. The molecule has 1 aromatic heterocycles. The highest BCUT2D eigenvalue weighted by atomic mass is 16.5. The van der Waals surface area contributed by atoms with Crippen LogP contribution < -0.4 is 4.74 Å². The summed E-state index contributed by atoms with van der Waals surface area (Å²) in [5, 5.41) is 0.968. The Kier molecular flexibility index (Phi) is 4.00. The highest BCUT2D eigenvalue weighted by molar-refractivity contribution is 5.88. The number of fused-ring (bicyclic) bond motifs is 1. The first kappa shape index (κ1) is 13.3. The van der Waals surface area contributed by atoms with Gasteiger partial charge >= 0.3 is 5.97 Å². The Morgan fingerprint density at radius 3 is 2.79 bits per heavy atom. The van der Waals surface area contributed by atoms with Gasteiger partial charge in [0.1, 0.15) is 5.75 Å². The van der Waals surface area contributed by atoms with E-state index in [0.29, 0.717) is 12.8 Å². The molecule has 0 unspecified atom stereocenters. The van der Waals surface area contributed by atoms with Crippen molar-refractivity contribution in [3.8, 4) is 5.75 Å². The lowest BCUT2D eigenvalue weighted by Crippen LogP contribution is -2.03. The monoisotopic (exact) mass is 259 g/mol. The van der Waals surface area contributed by atoms with Crippen molar-refractivity contribution in [3.05, 3.63) is 35.5 Å². The number of ether oxygens (including phenoxy) is 2. The second-order valence-corrected chi connectivity index (χ2v) is 4.36. The molecule has 0 aliphatic heterocycles. The van der Waals surface area contributed by atoms with E-state index in [9.17, 15) is 4.79 Å². The summed E-state index contributed by atoms with van der Waals surface area (Å²) in [7, 11) is 3.05. The van der Waals surface area contributed by atoms with E-state index in [1.807, 2.05) is 31.2 Å². The molecule has 1 aromatic carbocycles. The van der Waals surface area contributed by atoms with Gasteiger partial charge in [0.05, 0.1) is 19.7 Å². The number of esters is 1. The number of carbonyl (C=O) groups is 1. The van der Waals surface area contributed by atoms with E-state index >= 15 is 0 Å². The first-order valence-electron chi connectivity index (χ1n) is 6.15. The van der Waals surface area contributed by atoms with E-state index in [2.05, 4.69) is 9.72 Å². The zero-order valence-electron chi connectivity index (χ0n) is 11.4. The fourth-order valence-electron chi connectivity index (χ4n) is 2.11. The molecule has 0 bridgehead atoms. The van der Waals surface area contributed by atoms with Crippen LogP contribution in [-0.4, -0.2) is 25.2 Å². The van der Waals surface area contributed by atoms with Gasteiger partial charge in [-0.15, -0.1) is 0 Å². The quantitative estimate of drug-likeness (QED) is 0.792. The lowest BCUT2D eigenvalue weighted by molar-refractivity contribution is -0.140. The number of carbonyl (C=O) groups excluding carboxylic acids is 1. The summed E-state index contributed by atoms with van der Waals surface area (Å²) in [5.74, 6) is 0.596. The lowest BCUT2D eigenvalue weighted by atomic mass is 10.0. The predicted molar refractivity (Wildman–Crippen MR) is 73.4 cm³/mol. The van der Waals surface area contributed by atoms with Crippen molar-refractivity contribution in [2.24, 2.45) is 0 Å². The molecule has 4 nitrogen and oxygen atoms in total. The maximum absolute atomic E-state index is 11.2. The van der Waals surface area contributed by atoms with E-state index in [4.69, 9.17) is 4.74 Å². The highest BCUT2D eigenvalue weighted by Gasteiger charge is 2.10. The summed E-state index contributed by atoms with van der Waals surface area (Å²) in [6, 6.07) is 7.82. The van der Waals surface area contributed by atoms with Crippen LogP contribution in [0.4, 0.5) is 0 Å². The summed E-state index contributed by atoms with van der Waals surface area (Å²) in [5.41, 5.74) is 2.82. The average Bonchev–Trinajstić information content (AvgIpc) is 2.43. The Morgan fingerprint density at radius 1 is 1.32 bits per heavy atom. The van der Waals surface area contributed by atoms with Crippen molar-refractivity contribution >= 4 is 16.9 Å². The van der Waals surface area contributed by atoms with Gasteiger partial charge in [-0.2, -0.15) is 0 Å². The van der Waals surface area contributed by atoms with Crippen molar-refractivity contribution in [2.75, 3.05) is 14.2 Å². The third-order valence-electron chi connectivity index (χ3n) is 3.06. The first-order chi connectivity index (χ1) is 9.15. The summed E-state index contributed by atoms with van der Waals surface area (Å²) in [6.07, 6.45) is 0.969. The van der Waals surface area contributed by atoms with E-state index in [1.165, 1.54) is 7.11 Å². The SMILES string of the molecule is COC(=O)CCc1cccc2c(OC)cc(C)nc12. The maximum Gasteiger partial charge on any atom is 0.305 e. The van der Waals surface area contributed by atoms with Crippen LogP contribution in [0.25, 0.3) is 10.9 Å². The van der Waals surface area contributed by atoms with Gasteiger partial charge in [-0.3, -0.25) is 9.78 Å². The lowest BCUT2D eigenvalue weighted by Gasteiger charge is -2.10. The summed E-state index contributed by atoms with van der Waals surface area (Å²) >= 11 is 0. The molecular formula is C15H17NO3. The van der Waals surface area contributed by atoms with Crippen LogP contribution in [0.3, 0.4) is 0 Å². The zero-order valence-corrected chi connectivity index (χ0v) is 11.4. The van der Waals surface area contributed by atoms with Crippen LogP contribution >= 0.6 is 0 Å². The molecule has 2 aromatic rings. The van der Waals surface area contributed by atoms with E-state index in [-0.39, 0.29) is 5.97 Å². The molecule has 4 heteroatoms. The highest BCUT2D eigenvalue weighted by Crippen LogP contribution is 2.27. The fourth-order valence-corrected chi connectivity index (χ4v) is 2.11. The van der Waals surface area contributed by atoms with Crippen LogP contribution in [-0.2, 0) is 16.0 Å². The Balaban J connectivity index is 2.44. The van der Waals surface area contributed by atoms with E-state index < -0.39 is 0 Å². The molecule has 0 amide bonds. The third kappa shape index (κ3) is 2.84. The number of pyridine rings is 1. The number of hydrogen-bond donors (Lipinski definition) is 0. The number of aromatic nitrogens is 1. The van der Waals surface area contributed by atoms with Crippen molar-refractivity contribution < 1.29 is 14.3 Å². The number of nitrogens with zero attached hydrogens (tertiary/aromatic N) is 1. The van der Waals surface area contributed by atoms with Crippen LogP contribution in [0, 0.1) is 6.92 Å². The number of hydrogen-bond acceptors (Lipinski definition) is 4. The smallest absolute Gasteiger partial charge is 0.305 e. The van der Waals surface area contributed by atoms with Crippen molar-refractivity contribution in [3.63, 3.8) is 0 Å². The molecule has 0 N–H and O–H groups in total. The van der Waals surface area contributed by atoms with Crippen LogP contribution in [0.15, 0.2) is 24.3 Å². The predicted octanol–water partition coefficient (Wildman–Crippen LogP) is 2.66. The molecule has 0 saturated carbocycles. The second kappa shape index (κ2) is 5.69. The zero-order chi connectivity index (χ0) is 13.8. The minimum Gasteiger partial charge on any atom is -0.496 e. The molecule has 0 fully saturated rings. The normalized spacial score (nSPS) is 10.5. The molecule has 0 aliphatic rings. The van der Waals surface area contributed by atoms with Gasteiger partial charge in [0.2, 0.25) is 0 Å². The fraction of sp³-hybridized carbons (Fsp3) is 0.333. The van der Waals surface area contributed by atoms with Crippen molar-refractivity contribution in [2.45, 2.75) is 19.8 Å². The first-order valence-corrected chi connectivity index (χ1v) is 6.15. The molecule has 0 aliphatic carbocycles. The Labute approximate surface area is 112 Å². The van der Waals surface area contributed by atoms with Crippen LogP contribution in [0.2, 0.25) is 0 Å². The average molecular weight is 259 g/mol. The molecule has 0 atom stereocenters. The van der Waals surface area contributed by atoms with Crippen LogP contribution in [0.5, 0.6) is 5.75 Å². The molecule has 2 rings (SSSR count). The largest absolute Gasteiger partial charge is 0.496 e. The van der Waals surface area contributed by atoms with E-state index in [1.54, 1.807) is 7.11 Å². The standard InChI is InChI=1S/C15H17NO3/c1-10-9-13(18-2)12-6-4-5-11(15(12)16-10)7-8-14(17)19-3/h4-6,9H,7-8H2,1-3H3. The third-order valence-corrected chi connectivity index (χ3v) is 3.06. The van der Waals surface area contributed by atoms with Crippen molar-refractivity contribution in [1.82, 2.24) is 4.98 Å². The molecular weight excluding hydrogens is 242 g/mol. The van der Waals surface area contributed by atoms with Gasteiger partial charge in [0.25, 0.3) is 0 Å². The summed E-state index contributed by atoms with van der Waals surface area (Å²) in [6.45, 7) is 1.93. The Bertz CT molecular complexity index is 608. The van der Waals surface area contributed by atoms with Gasteiger partial charge < -0.3 is 9.47 Å². The van der Waals surface area contributed by atoms with Crippen LogP contribution in [0.1, 0.15) is 17.7 Å². The van der Waals surface area contributed by atoms with Gasteiger partial charge in [-0.25, -0.2) is 0 Å². The Hall–Kier alpha value is -2.10.